The second-order valence-corrected chi connectivity index (χ2v) is 3.50. The van der Waals surface area contributed by atoms with Crippen LogP contribution in [0.15, 0.2) is 12.1 Å². The molecule has 1 aliphatic rings. The molecule has 5 heteroatoms. The molecule has 1 heterocycles. The summed E-state index contributed by atoms with van der Waals surface area (Å²) in [6.07, 6.45) is 0. The van der Waals surface area contributed by atoms with Crippen LogP contribution in [0, 0.1) is 0 Å². The van der Waals surface area contributed by atoms with E-state index in [2.05, 4.69) is 0 Å². The van der Waals surface area contributed by atoms with Gasteiger partial charge in [0.05, 0.1) is 16.6 Å². The molecule has 0 aromatic heterocycles. The van der Waals surface area contributed by atoms with Crippen molar-refractivity contribution in [2.75, 3.05) is 6.61 Å². The Morgan fingerprint density at radius 3 is 3.00 bits per heavy atom. The van der Waals surface area contributed by atoms with E-state index < -0.39 is 5.97 Å². The van der Waals surface area contributed by atoms with Gasteiger partial charge in [-0.05, 0) is 12.1 Å². The maximum atomic E-state index is 10.7. The normalized spacial score (nSPS) is 18.9. The summed E-state index contributed by atoms with van der Waals surface area (Å²) >= 11 is 5.89. The van der Waals surface area contributed by atoms with Gasteiger partial charge in [0.25, 0.3) is 0 Å². The van der Waals surface area contributed by atoms with Gasteiger partial charge in [0, 0.05) is 5.56 Å². The second-order valence-electron chi connectivity index (χ2n) is 3.09. The summed E-state index contributed by atoms with van der Waals surface area (Å²) in [5, 5.41) is 9.11. The van der Waals surface area contributed by atoms with Crippen LogP contribution in [0.3, 0.4) is 0 Å². The molecule has 0 radical (unpaired) electrons. The van der Waals surface area contributed by atoms with E-state index in [-0.39, 0.29) is 11.6 Å². The number of aromatic carboxylic acids is 1. The lowest BCUT2D eigenvalue weighted by molar-refractivity contribution is 0.0696. The largest absolute Gasteiger partial charge is 0.491 e. The quantitative estimate of drug-likeness (QED) is 0.740. The number of fused-ring (bicyclic) bond motifs is 1. The zero-order valence-electron chi connectivity index (χ0n) is 7.16. The minimum absolute atomic E-state index is 0.114. The molecule has 0 saturated heterocycles. The molecule has 0 saturated carbocycles. The summed E-state index contributed by atoms with van der Waals surface area (Å²) in [6, 6.07) is 2.56. The first kappa shape index (κ1) is 9.30. The molecule has 0 bridgehead atoms. The first-order valence-corrected chi connectivity index (χ1v) is 4.42. The Balaban J connectivity index is 2.57. The number of carboxylic acids is 1. The van der Waals surface area contributed by atoms with Gasteiger partial charge in [0.1, 0.15) is 12.4 Å². The van der Waals surface area contributed by atoms with Crippen LogP contribution in [0.25, 0.3) is 0 Å². The van der Waals surface area contributed by atoms with Crippen molar-refractivity contribution in [1.82, 2.24) is 0 Å². The van der Waals surface area contributed by atoms with Crippen LogP contribution < -0.4 is 10.5 Å². The summed E-state index contributed by atoms with van der Waals surface area (Å²) in [7, 11) is 0. The molecule has 3 N–H and O–H groups in total. The highest BCUT2D eigenvalue weighted by Crippen LogP contribution is 2.37. The molecule has 0 amide bonds. The molecule has 4 nitrogen and oxygen atoms in total. The van der Waals surface area contributed by atoms with Crippen molar-refractivity contribution >= 4 is 17.6 Å². The van der Waals surface area contributed by atoms with E-state index >= 15 is 0 Å². The highest BCUT2D eigenvalue weighted by atomic mass is 35.5. The van der Waals surface area contributed by atoms with Crippen molar-refractivity contribution in [3.63, 3.8) is 0 Å². The number of rotatable bonds is 1. The van der Waals surface area contributed by atoms with Crippen LogP contribution in [0.5, 0.6) is 5.75 Å². The van der Waals surface area contributed by atoms with Crippen molar-refractivity contribution < 1.29 is 14.6 Å². The van der Waals surface area contributed by atoms with E-state index in [1.165, 1.54) is 12.1 Å². The van der Waals surface area contributed by atoms with Crippen LogP contribution in [-0.2, 0) is 0 Å². The van der Waals surface area contributed by atoms with Crippen LogP contribution >= 0.6 is 11.6 Å². The molecule has 14 heavy (non-hydrogen) atoms. The van der Waals surface area contributed by atoms with Gasteiger partial charge in [-0.25, -0.2) is 4.79 Å². The number of nitrogens with two attached hydrogens (primary N) is 1. The maximum absolute atomic E-state index is 10.7. The summed E-state index contributed by atoms with van der Waals surface area (Å²) < 4.78 is 5.21. The Bertz CT molecular complexity index is 405. The molecule has 74 valence electrons. The highest BCUT2D eigenvalue weighted by Gasteiger charge is 2.25. The fourth-order valence-electron chi connectivity index (χ4n) is 1.46. The summed E-state index contributed by atoms with van der Waals surface area (Å²) in [6.45, 7) is 0.345. The predicted octanol–water partition coefficient (Wildman–Crippen LogP) is 1.43. The molecule has 1 aromatic rings. The van der Waals surface area contributed by atoms with Crippen LogP contribution in [0.2, 0.25) is 5.02 Å². The molecule has 2 rings (SSSR count). The minimum atomic E-state index is -1.03. The van der Waals surface area contributed by atoms with Gasteiger partial charge in [0.2, 0.25) is 0 Å². The number of benzene rings is 1. The average Bonchev–Trinajstić information content (AvgIpc) is 2.48. The second kappa shape index (κ2) is 3.15. The summed E-state index contributed by atoms with van der Waals surface area (Å²) in [5.41, 5.74) is 6.52. The van der Waals surface area contributed by atoms with Gasteiger partial charge in [-0.1, -0.05) is 11.6 Å². The third kappa shape index (κ3) is 1.32. The number of carboxylic acid groups (broad SMARTS) is 1. The van der Waals surface area contributed by atoms with E-state index in [4.69, 9.17) is 27.2 Å². The molecule has 0 spiro atoms. The zero-order chi connectivity index (χ0) is 10.3. The third-order valence-corrected chi connectivity index (χ3v) is 2.44. The summed E-state index contributed by atoms with van der Waals surface area (Å²) in [4.78, 5) is 10.7. The van der Waals surface area contributed by atoms with Crippen LogP contribution in [-0.4, -0.2) is 17.7 Å². The predicted molar refractivity (Wildman–Crippen MR) is 50.8 cm³/mol. The number of ether oxygens (including phenoxy) is 1. The Morgan fingerprint density at radius 1 is 1.64 bits per heavy atom. The number of halogens is 1. The molecule has 1 aromatic carbocycles. The fourth-order valence-corrected chi connectivity index (χ4v) is 1.81. The molecule has 1 atom stereocenters. The highest BCUT2D eigenvalue weighted by molar-refractivity contribution is 6.32. The van der Waals surface area contributed by atoms with Gasteiger partial charge in [-0.2, -0.15) is 0 Å². The minimum Gasteiger partial charge on any atom is -0.491 e. The number of hydrogen-bond donors (Lipinski definition) is 2. The molecular weight excluding hydrogens is 206 g/mol. The SMILES string of the molecule is N[C@@H]1COc2cc(C(=O)O)cc(Cl)c21. The van der Waals surface area contributed by atoms with Gasteiger partial charge < -0.3 is 15.6 Å². The summed E-state index contributed by atoms with van der Waals surface area (Å²) in [5.74, 6) is -0.554. The van der Waals surface area contributed by atoms with E-state index in [1.807, 2.05) is 0 Å². The first-order valence-electron chi connectivity index (χ1n) is 4.04. The van der Waals surface area contributed by atoms with Crippen molar-refractivity contribution in [3.05, 3.63) is 28.3 Å². The molecule has 0 fully saturated rings. The van der Waals surface area contributed by atoms with Crippen molar-refractivity contribution in [1.29, 1.82) is 0 Å². The van der Waals surface area contributed by atoms with Crippen molar-refractivity contribution in [2.24, 2.45) is 5.73 Å². The lowest BCUT2D eigenvalue weighted by Crippen LogP contribution is -2.11. The lowest BCUT2D eigenvalue weighted by atomic mass is 10.1. The maximum Gasteiger partial charge on any atom is 0.335 e. The standard InChI is InChI=1S/C9H8ClNO3/c10-5-1-4(9(12)13)2-7-8(5)6(11)3-14-7/h1-2,6H,3,11H2,(H,12,13)/t6-/m1/s1. The third-order valence-electron chi connectivity index (χ3n) is 2.13. The van der Waals surface area contributed by atoms with E-state index in [1.54, 1.807) is 0 Å². The smallest absolute Gasteiger partial charge is 0.335 e. The Kier molecular flexibility index (Phi) is 2.09. The Hall–Kier alpha value is -1.26. The zero-order valence-corrected chi connectivity index (χ0v) is 7.91. The fraction of sp³-hybridized carbons (Fsp3) is 0.222. The van der Waals surface area contributed by atoms with Gasteiger partial charge in [0.15, 0.2) is 0 Å². The van der Waals surface area contributed by atoms with Gasteiger partial charge in [-0.3, -0.25) is 0 Å². The van der Waals surface area contributed by atoms with Gasteiger partial charge in [-0.15, -0.1) is 0 Å². The molecular formula is C9H8ClNO3. The number of carbonyl (C=O) groups is 1. The monoisotopic (exact) mass is 213 g/mol. The molecule has 0 unspecified atom stereocenters. The van der Waals surface area contributed by atoms with Gasteiger partial charge >= 0.3 is 5.97 Å². The number of hydrogen-bond acceptors (Lipinski definition) is 3. The van der Waals surface area contributed by atoms with Crippen molar-refractivity contribution in [2.45, 2.75) is 6.04 Å². The van der Waals surface area contributed by atoms with Crippen LogP contribution in [0.4, 0.5) is 0 Å². The first-order chi connectivity index (χ1) is 6.59. The van der Waals surface area contributed by atoms with Crippen molar-refractivity contribution in [3.8, 4) is 5.75 Å². The average molecular weight is 214 g/mol. The molecule has 0 aliphatic carbocycles. The van der Waals surface area contributed by atoms with E-state index in [0.29, 0.717) is 22.9 Å². The lowest BCUT2D eigenvalue weighted by Gasteiger charge is -2.04. The molecule has 1 aliphatic heterocycles. The van der Waals surface area contributed by atoms with Crippen LogP contribution in [0.1, 0.15) is 22.0 Å². The Labute approximate surface area is 85.2 Å². The van der Waals surface area contributed by atoms with E-state index in [9.17, 15) is 4.79 Å². The Morgan fingerprint density at radius 2 is 2.36 bits per heavy atom. The van der Waals surface area contributed by atoms with E-state index in [0.717, 1.165) is 0 Å². The topological polar surface area (TPSA) is 72.5 Å².